The normalized spacial score (nSPS) is 17.6. The third-order valence-corrected chi connectivity index (χ3v) is 5.29. The van der Waals surface area contributed by atoms with Gasteiger partial charge in [-0.25, -0.2) is 8.78 Å². The van der Waals surface area contributed by atoms with Crippen molar-refractivity contribution in [2.24, 2.45) is 5.10 Å². The molecule has 0 spiro atoms. The van der Waals surface area contributed by atoms with Crippen LogP contribution in [0.5, 0.6) is 0 Å². The average molecular weight is 422 g/mol. The van der Waals surface area contributed by atoms with Gasteiger partial charge in [-0.3, -0.25) is 5.01 Å². The third-order valence-electron chi connectivity index (χ3n) is 4.64. The smallest absolute Gasteiger partial charge is 0.151 e. The number of anilines is 2. The number of halogens is 3. The van der Waals surface area contributed by atoms with Crippen LogP contribution in [-0.4, -0.2) is 38.6 Å². The Morgan fingerprint density at radius 3 is 2.42 bits per heavy atom. The lowest BCUT2D eigenvalue weighted by molar-refractivity contribution is 0.122. The van der Waals surface area contributed by atoms with Gasteiger partial charge < -0.3 is 9.64 Å². The van der Waals surface area contributed by atoms with E-state index in [1.165, 1.54) is 23.2 Å². The molecule has 26 heavy (non-hydrogen) atoms. The van der Waals surface area contributed by atoms with Crippen LogP contribution in [0.15, 0.2) is 46.0 Å². The minimum Gasteiger partial charge on any atom is -0.378 e. The van der Waals surface area contributed by atoms with Gasteiger partial charge in [-0.05, 0) is 30.3 Å². The first-order valence-corrected chi connectivity index (χ1v) is 9.34. The Kier molecular flexibility index (Phi) is 4.91. The molecule has 136 valence electrons. The maximum Gasteiger partial charge on any atom is 0.151 e. The number of benzene rings is 2. The number of nitrogens with zero attached hydrogens (tertiary/aromatic N) is 3. The standard InChI is InChI=1S/C19H18BrF2N3O/c20-15-12-13(24-8-10-26-11-9-24)4-5-14(15)18-6-7-25(23-18)19-16(21)2-1-3-17(19)22/h1-5,12H,6-11H2. The molecule has 0 unspecified atom stereocenters. The van der Waals surface area contributed by atoms with E-state index in [9.17, 15) is 8.78 Å². The Labute approximate surface area is 159 Å². The van der Waals surface area contributed by atoms with E-state index in [4.69, 9.17) is 4.74 Å². The molecule has 0 N–H and O–H groups in total. The summed E-state index contributed by atoms with van der Waals surface area (Å²) in [6, 6.07) is 9.98. The van der Waals surface area contributed by atoms with Gasteiger partial charge in [-0.2, -0.15) is 5.10 Å². The quantitative estimate of drug-likeness (QED) is 0.743. The summed E-state index contributed by atoms with van der Waals surface area (Å²) in [4.78, 5) is 2.27. The summed E-state index contributed by atoms with van der Waals surface area (Å²) in [5.41, 5.74) is 2.79. The number of hydrogen-bond donors (Lipinski definition) is 0. The molecule has 0 saturated carbocycles. The Balaban J connectivity index is 1.60. The van der Waals surface area contributed by atoms with Gasteiger partial charge >= 0.3 is 0 Å². The first-order chi connectivity index (χ1) is 12.6. The van der Waals surface area contributed by atoms with Crippen molar-refractivity contribution in [3.8, 4) is 0 Å². The van der Waals surface area contributed by atoms with Gasteiger partial charge in [0.25, 0.3) is 0 Å². The van der Waals surface area contributed by atoms with Gasteiger partial charge in [0.15, 0.2) is 11.6 Å². The highest BCUT2D eigenvalue weighted by atomic mass is 79.9. The molecule has 2 aromatic rings. The molecule has 1 fully saturated rings. The van der Waals surface area contributed by atoms with Crippen molar-refractivity contribution in [3.63, 3.8) is 0 Å². The van der Waals surface area contributed by atoms with Crippen molar-refractivity contribution in [3.05, 3.63) is 58.1 Å². The lowest BCUT2D eigenvalue weighted by atomic mass is 10.1. The lowest BCUT2D eigenvalue weighted by Gasteiger charge is -2.29. The summed E-state index contributed by atoms with van der Waals surface area (Å²) in [5, 5.41) is 5.86. The maximum absolute atomic E-state index is 14.0. The third kappa shape index (κ3) is 3.33. The van der Waals surface area contributed by atoms with E-state index in [1.807, 2.05) is 6.07 Å². The van der Waals surface area contributed by atoms with Crippen molar-refractivity contribution >= 4 is 33.0 Å². The molecule has 0 bridgehead atoms. The van der Waals surface area contributed by atoms with Crippen molar-refractivity contribution in [1.82, 2.24) is 0 Å². The first-order valence-electron chi connectivity index (χ1n) is 8.55. The molecule has 0 aromatic heterocycles. The summed E-state index contributed by atoms with van der Waals surface area (Å²) >= 11 is 3.62. The Morgan fingerprint density at radius 1 is 1.00 bits per heavy atom. The molecular formula is C19H18BrF2N3O. The Hall–Kier alpha value is -1.99. The summed E-state index contributed by atoms with van der Waals surface area (Å²) < 4.78 is 34.3. The molecular weight excluding hydrogens is 404 g/mol. The summed E-state index contributed by atoms with van der Waals surface area (Å²) in [5.74, 6) is -1.20. The molecule has 0 atom stereocenters. The van der Waals surface area contributed by atoms with E-state index in [1.54, 1.807) is 0 Å². The average Bonchev–Trinajstić information content (AvgIpc) is 3.11. The molecule has 7 heteroatoms. The van der Waals surface area contributed by atoms with Gasteiger partial charge in [0.1, 0.15) is 5.69 Å². The molecule has 0 aliphatic carbocycles. The zero-order valence-electron chi connectivity index (χ0n) is 14.1. The molecule has 2 aliphatic rings. The van der Waals surface area contributed by atoms with Gasteiger partial charge in [0, 0.05) is 41.8 Å². The van der Waals surface area contributed by atoms with Crippen LogP contribution in [0.3, 0.4) is 0 Å². The van der Waals surface area contributed by atoms with Crippen LogP contribution in [0, 0.1) is 11.6 Å². The van der Waals surface area contributed by atoms with Gasteiger partial charge in [-0.1, -0.05) is 22.0 Å². The van der Waals surface area contributed by atoms with E-state index in [0.29, 0.717) is 13.0 Å². The number of ether oxygens (including phenoxy) is 1. The number of hydrogen-bond acceptors (Lipinski definition) is 4. The van der Waals surface area contributed by atoms with Crippen LogP contribution in [-0.2, 0) is 4.74 Å². The monoisotopic (exact) mass is 421 g/mol. The molecule has 2 heterocycles. The van der Waals surface area contributed by atoms with Crippen molar-refractivity contribution in [2.75, 3.05) is 42.8 Å². The van der Waals surface area contributed by atoms with E-state index < -0.39 is 11.6 Å². The lowest BCUT2D eigenvalue weighted by Crippen LogP contribution is -2.36. The number of rotatable bonds is 3. The van der Waals surface area contributed by atoms with Crippen LogP contribution in [0.2, 0.25) is 0 Å². The topological polar surface area (TPSA) is 28.1 Å². The van der Waals surface area contributed by atoms with E-state index in [0.717, 1.165) is 47.7 Å². The van der Waals surface area contributed by atoms with Crippen LogP contribution in [0.25, 0.3) is 0 Å². The SMILES string of the molecule is Fc1cccc(F)c1N1CCC(c2ccc(N3CCOCC3)cc2Br)=N1. The highest BCUT2D eigenvalue weighted by Gasteiger charge is 2.24. The van der Waals surface area contributed by atoms with E-state index in [2.05, 4.69) is 38.1 Å². The fourth-order valence-electron chi connectivity index (χ4n) is 3.30. The minimum atomic E-state index is -0.600. The second-order valence-corrected chi connectivity index (χ2v) is 7.11. The van der Waals surface area contributed by atoms with Crippen LogP contribution in [0.1, 0.15) is 12.0 Å². The number of para-hydroxylation sites is 1. The zero-order chi connectivity index (χ0) is 18.1. The van der Waals surface area contributed by atoms with Gasteiger partial charge in [-0.15, -0.1) is 0 Å². The van der Waals surface area contributed by atoms with Crippen LogP contribution >= 0.6 is 15.9 Å². The van der Waals surface area contributed by atoms with Crippen molar-refractivity contribution < 1.29 is 13.5 Å². The summed E-state index contributed by atoms with van der Waals surface area (Å²) in [7, 11) is 0. The molecule has 4 nitrogen and oxygen atoms in total. The number of morpholine rings is 1. The minimum absolute atomic E-state index is 0.0939. The van der Waals surface area contributed by atoms with Crippen LogP contribution < -0.4 is 9.91 Å². The fourth-order valence-corrected chi connectivity index (χ4v) is 3.90. The van der Waals surface area contributed by atoms with Crippen molar-refractivity contribution in [1.29, 1.82) is 0 Å². The van der Waals surface area contributed by atoms with Gasteiger partial charge in [0.05, 0.1) is 18.9 Å². The second-order valence-electron chi connectivity index (χ2n) is 6.25. The fraction of sp³-hybridized carbons (Fsp3) is 0.316. The molecule has 2 aliphatic heterocycles. The van der Waals surface area contributed by atoms with Crippen LogP contribution in [0.4, 0.5) is 20.2 Å². The molecule has 0 radical (unpaired) electrons. The number of hydrazone groups is 1. The van der Waals surface area contributed by atoms with E-state index in [-0.39, 0.29) is 5.69 Å². The largest absolute Gasteiger partial charge is 0.378 e. The maximum atomic E-state index is 14.0. The molecule has 1 saturated heterocycles. The summed E-state index contributed by atoms with van der Waals surface area (Å²) in [6.07, 6.45) is 0.628. The molecule has 2 aromatic carbocycles. The Bertz CT molecular complexity index is 832. The first kappa shape index (κ1) is 17.4. The Morgan fingerprint density at radius 2 is 1.73 bits per heavy atom. The highest BCUT2D eigenvalue weighted by molar-refractivity contribution is 9.10. The highest BCUT2D eigenvalue weighted by Crippen LogP contribution is 2.31. The zero-order valence-corrected chi connectivity index (χ0v) is 15.7. The predicted octanol–water partition coefficient (Wildman–Crippen LogP) is 4.18. The molecule has 0 amide bonds. The second kappa shape index (κ2) is 7.32. The molecule has 4 rings (SSSR count). The van der Waals surface area contributed by atoms with Gasteiger partial charge in [0.2, 0.25) is 0 Å². The summed E-state index contributed by atoms with van der Waals surface area (Å²) in [6.45, 7) is 3.65. The van der Waals surface area contributed by atoms with E-state index >= 15 is 0 Å². The predicted molar refractivity (Wildman–Crippen MR) is 102 cm³/mol. The van der Waals surface area contributed by atoms with Crippen molar-refractivity contribution in [2.45, 2.75) is 6.42 Å².